The zero-order valence-corrected chi connectivity index (χ0v) is 23.1. The first-order valence-corrected chi connectivity index (χ1v) is 13.9. The van der Waals surface area contributed by atoms with Crippen molar-refractivity contribution in [2.45, 2.75) is 26.7 Å². The van der Waals surface area contributed by atoms with Gasteiger partial charge in [-0.1, -0.05) is 79.4 Å². The van der Waals surface area contributed by atoms with Crippen LogP contribution in [0.2, 0.25) is 0 Å². The number of amides is 1. The molecule has 192 valence electrons. The van der Waals surface area contributed by atoms with Crippen LogP contribution in [-0.4, -0.2) is 38.1 Å². The first kappa shape index (κ1) is 25.9. The molecule has 1 saturated heterocycles. The summed E-state index contributed by atoms with van der Waals surface area (Å²) >= 11 is 6.94. The fourth-order valence-corrected chi connectivity index (χ4v) is 5.62. The summed E-state index contributed by atoms with van der Waals surface area (Å²) in [6.07, 6.45) is 5.60. The molecule has 5 nitrogen and oxygen atoms in total. The summed E-state index contributed by atoms with van der Waals surface area (Å²) in [5.74, 6) is 0.813. The summed E-state index contributed by atoms with van der Waals surface area (Å²) in [5.41, 5.74) is 5.80. The lowest BCUT2D eigenvalue weighted by Gasteiger charge is -2.14. The zero-order chi connectivity index (χ0) is 26.5. The van der Waals surface area contributed by atoms with Crippen LogP contribution in [-0.2, 0) is 11.2 Å². The standard InChI is InChI=1S/C31H29N3O2S2/c1-3-18-36-27-15-14-24(19-22(27)2)29-25(21-34(32-29)26-12-8-5-9-13-26)20-28-30(35)33(31(37)38-28)17-16-23-10-6-4-7-11-23/h4-15,19-21H,3,16-18H2,1-2H3. The molecule has 0 atom stereocenters. The van der Waals surface area contributed by atoms with Crippen molar-refractivity contribution >= 4 is 40.3 Å². The predicted molar refractivity (Wildman–Crippen MR) is 160 cm³/mol. The number of carbonyl (C=O) groups is 1. The molecule has 1 aromatic heterocycles. The highest BCUT2D eigenvalue weighted by molar-refractivity contribution is 8.26. The van der Waals surface area contributed by atoms with Gasteiger partial charge in [0, 0.05) is 23.9 Å². The van der Waals surface area contributed by atoms with Gasteiger partial charge in [0.05, 0.1) is 17.2 Å². The van der Waals surface area contributed by atoms with Crippen molar-refractivity contribution in [3.05, 3.63) is 107 Å². The normalized spacial score (nSPS) is 14.5. The summed E-state index contributed by atoms with van der Waals surface area (Å²) in [6.45, 7) is 5.37. The van der Waals surface area contributed by atoms with E-state index < -0.39 is 0 Å². The maximum absolute atomic E-state index is 13.4. The minimum atomic E-state index is -0.0613. The Morgan fingerprint density at radius 1 is 1.03 bits per heavy atom. The van der Waals surface area contributed by atoms with Crippen LogP contribution in [0.1, 0.15) is 30.0 Å². The van der Waals surface area contributed by atoms with Crippen LogP contribution in [0.15, 0.2) is 90.0 Å². The van der Waals surface area contributed by atoms with Crippen molar-refractivity contribution in [3.63, 3.8) is 0 Å². The van der Waals surface area contributed by atoms with Gasteiger partial charge in [0.2, 0.25) is 0 Å². The highest BCUT2D eigenvalue weighted by Crippen LogP contribution is 2.36. The van der Waals surface area contributed by atoms with Gasteiger partial charge in [-0.25, -0.2) is 4.68 Å². The molecule has 1 fully saturated rings. The Labute approximate surface area is 233 Å². The molecule has 1 aliphatic heterocycles. The van der Waals surface area contributed by atoms with Crippen molar-refractivity contribution in [2.24, 2.45) is 0 Å². The van der Waals surface area contributed by atoms with Gasteiger partial charge in [-0.15, -0.1) is 0 Å². The number of nitrogens with zero attached hydrogens (tertiary/aromatic N) is 3. The second-order valence-corrected chi connectivity index (χ2v) is 10.8. The molecule has 0 N–H and O–H groups in total. The van der Waals surface area contributed by atoms with Gasteiger partial charge in [0.1, 0.15) is 15.8 Å². The minimum Gasteiger partial charge on any atom is -0.493 e. The molecule has 0 aliphatic carbocycles. The minimum absolute atomic E-state index is 0.0613. The molecule has 5 rings (SSSR count). The molecule has 0 saturated carbocycles. The number of hydrogen-bond acceptors (Lipinski definition) is 5. The number of ether oxygens (including phenoxy) is 1. The molecule has 0 spiro atoms. The van der Waals surface area contributed by atoms with E-state index in [1.54, 1.807) is 4.90 Å². The molecule has 2 heterocycles. The molecular formula is C31H29N3O2S2. The van der Waals surface area contributed by atoms with E-state index in [0.717, 1.165) is 46.7 Å². The highest BCUT2D eigenvalue weighted by Gasteiger charge is 2.32. The summed E-state index contributed by atoms with van der Waals surface area (Å²) in [4.78, 5) is 15.7. The van der Waals surface area contributed by atoms with E-state index in [4.69, 9.17) is 22.1 Å². The lowest BCUT2D eigenvalue weighted by molar-refractivity contribution is -0.122. The van der Waals surface area contributed by atoms with E-state index in [1.807, 2.05) is 84.5 Å². The zero-order valence-electron chi connectivity index (χ0n) is 21.5. The van der Waals surface area contributed by atoms with E-state index in [-0.39, 0.29) is 5.91 Å². The quantitative estimate of drug-likeness (QED) is 0.168. The Balaban J connectivity index is 1.47. The van der Waals surface area contributed by atoms with Crippen LogP contribution >= 0.6 is 24.0 Å². The molecule has 1 aliphatic rings. The van der Waals surface area contributed by atoms with Gasteiger partial charge >= 0.3 is 0 Å². The lowest BCUT2D eigenvalue weighted by atomic mass is 10.0. The van der Waals surface area contributed by atoms with Gasteiger partial charge in [0.15, 0.2) is 0 Å². The van der Waals surface area contributed by atoms with E-state index >= 15 is 0 Å². The van der Waals surface area contributed by atoms with Gasteiger partial charge in [0.25, 0.3) is 5.91 Å². The SMILES string of the molecule is CCCOc1ccc(-c2nn(-c3ccccc3)cc2C=C2SC(=S)N(CCc3ccccc3)C2=O)cc1C. The Bertz CT molecular complexity index is 1480. The lowest BCUT2D eigenvalue weighted by Crippen LogP contribution is -2.30. The first-order valence-electron chi connectivity index (χ1n) is 12.7. The average molecular weight is 540 g/mol. The number of rotatable bonds is 9. The molecule has 0 unspecified atom stereocenters. The highest BCUT2D eigenvalue weighted by atomic mass is 32.2. The molecule has 7 heteroatoms. The van der Waals surface area contributed by atoms with Crippen molar-refractivity contribution in [3.8, 4) is 22.7 Å². The van der Waals surface area contributed by atoms with E-state index in [1.165, 1.54) is 17.3 Å². The maximum Gasteiger partial charge on any atom is 0.266 e. The van der Waals surface area contributed by atoms with Gasteiger partial charge in [-0.3, -0.25) is 9.69 Å². The molecule has 38 heavy (non-hydrogen) atoms. The number of hydrogen-bond donors (Lipinski definition) is 0. The fourth-order valence-electron chi connectivity index (χ4n) is 4.32. The monoisotopic (exact) mass is 539 g/mol. The third kappa shape index (κ3) is 5.74. The number of para-hydroxylation sites is 1. The molecular weight excluding hydrogens is 510 g/mol. The van der Waals surface area contributed by atoms with Crippen LogP contribution in [0.25, 0.3) is 23.0 Å². The molecule has 3 aromatic carbocycles. The third-order valence-corrected chi connectivity index (χ3v) is 7.68. The topological polar surface area (TPSA) is 47.4 Å². The molecule has 0 bridgehead atoms. The van der Waals surface area contributed by atoms with E-state index in [2.05, 4.69) is 25.1 Å². The summed E-state index contributed by atoms with van der Waals surface area (Å²) in [6, 6.07) is 26.2. The van der Waals surface area contributed by atoms with Crippen molar-refractivity contribution in [2.75, 3.05) is 13.2 Å². The second-order valence-electron chi connectivity index (χ2n) is 9.11. The second kappa shape index (κ2) is 11.8. The number of thioether (sulfide) groups is 1. The van der Waals surface area contributed by atoms with Gasteiger partial charge in [-0.2, -0.15) is 5.10 Å². The number of aryl methyl sites for hydroxylation is 1. The Kier molecular flexibility index (Phi) is 8.05. The number of aromatic nitrogens is 2. The Morgan fingerprint density at radius 3 is 2.47 bits per heavy atom. The van der Waals surface area contributed by atoms with Crippen LogP contribution < -0.4 is 4.74 Å². The molecule has 4 aromatic rings. The summed E-state index contributed by atoms with van der Waals surface area (Å²) < 4.78 is 8.32. The summed E-state index contributed by atoms with van der Waals surface area (Å²) in [5, 5.41) is 4.93. The number of carbonyl (C=O) groups excluding carboxylic acids is 1. The van der Waals surface area contributed by atoms with E-state index in [0.29, 0.717) is 22.4 Å². The van der Waals surface area contributed by atoms with Crippen molar-refractivity contribution < 1.29 is 9.53 Å². The van der Waals surface area contributed by atoms with E-state index in [9.17, 15) is 4.79 Å². The van der Waals surface area contributed by atoms with Crippen LogP contribution in [0.5, 0.6) is 5.75 Å². The smallest absolute Gasteiger partial charge is 0.266 e. The average Bonchev–Trinajstić information content (AvgIpc) is 3.48. The van der Waals surface area contributed by atoms with Crippen LogP contribution in [0, 0.1) is 6.92 Å². The summed E-state index contributed by atoms with van der Waals surface area (Å²) in [7, 11) is 0. The van der Waals surface area contributed by atoms with Gasteiger partial charge < -0.3 is 4.74 Å². The Hall–Kier alpha value is -3.68. The largest absolute Gasteiger partial charge is 0.493 e. The first-order chi connectivity index (χ1) is 18.5. The number of thiocarbonyl (C=S) groups is 1. The fraction of sp³-hybridized carbons (Fsp3) is 0.194. The number of benzene rings is 3. The molecule has 1 amide bonds. The third-order valence-electron chi connectivity index (χ3n) is 6.30. The van der Waals surface area contributed by atoms with Gasteiger partial charge in [-0.05, 0) is 67.3 Å². The van der Waals surface area contributed by atoms with Crippen LogP contribution in [0.4, 0.5) is 0 Å². The van der Waals surface area contributed by atoms with Crippen molar-refractivity contribution in [1.82, 2.24) is 14.7 Å². The molecule has 0 radical (unpaired) electrons. The maximum atomic E-state index is 13.4. The Morgan fingerprint density at radius 2 is 1.76 bits per heavy atom. The van der Waals surface area contributed by atoms with Crippen molar-refractivity contribution in [1.29, 1.82) is 0 Å². The predicted octanol–water partition coefficient (Wildman–Crippen LogP) is 7.08. The van der Waals surface area contributed by atoms with Crippen LogP contribution in [0.3, 0.4) is 0 Å².